The molecule has 0 spiro atoms. The van der Waals surface area contributed by atoms with Crippen LogP contribution in [0.4, 0.5) is 0 Å². The maximum Gasteiger partial charge on any atom is 0.273 e. The highest BCUT2D eigenvalue weighted by Gasteiger charge is 2.41. The quantitative estimate of drug-likeness (QED) is 0.280. The number of fused-ring (bicyclic) bond motifs is 1. The number of benzene rings is 3. The van der Waals surface area contributed by atoms with Crippen molar-refractivity contribution in [3.05, 3.63) is 101 Å². The molecule has 6 nitrogen and oxygen atoms in total. The molecule has 0 aliphatic carbocycles. The molecule has 0 saturated heterocycles. The van der Waals surface area contributed by atoms with Gasteiger partial charge in [-0.25, -0.2) is 0 Å². The maximum atomic E-state index is 13.6. The molecule has 4 aromatic rings. The number of hydrogen-bond donors (Lipinski definition) is 1. The van der Waals surface area contributed by atoms with Crippen molar-refractivity contribution in [3.8, 4) is 22.8 Å². The van der Waals surface area contributed by atoms with Gasteiger partial charge in [0.15, 0.2) is 0 Å². The number of aromatic amines is 1. The highest BCUT2D eigenvalue weighted by molar-refractivity contribution is 6.00. The van der Waals surface area contributed by atoms with Gasteiger partial charge in [-0.2, -0.15) is 5.10 Å². The molecule has 2 heterocycles. The number of ether oxygens (including phenoxy) is 2. The van der Waals surface area contributed by atoms with Gasteiger partial charge in [0, 0.05) is 17.7 Å². The zero-order valence-corrected chi connectivity index (χ0v) is 21.6. The molecule has 190 valence electrons. The Hall–Kier alpha value is -4.06. The van der Waals surface area contributed by atoms with Crippen LogP contribution in [0.1, 0.15) is 53.5 Å². The number of nitrogens with zero attached hydrogens (tertiary/aromatic N) is 2. The van der Waals surface area contributed by atoms with Gasteiger partial charge in [0.25, 0.3) is 5.91 Å². The molecule has 1 atom stereocenters. The van der Waals surface area contributed by atoms with Crippen LogP contribution in [0.25, 0.3) is 11.3 Å². The van der Waals surface area contributed by atoms with Crippen molar-refractivity contribution in [1.82, 2.24) is 15.1 Å². The van der Waals surface area contributed by atoms with Gasteiger partial charge in [-0.15, -0.1) is 0 Å². The second kappa shape index (κ2) is 10.9. The molecule has 1 N–H and O–H groups in total. The minimum absolute atomic E-state index is 0.0274. The summed E-state index contributed by atoms with van der Waals surface area (Å²) < 4.78 is 11.2. The Morgan fingerprint density at radius 3 is 2.32 bits per heavy atom. The average molecular weight is 496 g/mol. The summed E-state index contributed by atoms with van der Waals surface area (Å²) in [5.74, 6) is 2.23. The van der Waals surface area contributed by atoms with E-state index in [0.29, 0.717) is 24.8 Å². The van der Waals surface area contributed by atoms with Crippen molar-refractivity contribution in [3.63, 3.8) is 0 Å². The van der Waals surface area contributed by atoms with E-state index in [2.05, 4.69) is 36.2 Å². The highest BCUT2D eigenvalue weighted by Crippen LogP contribution is 2.43. The first-order valence-electron chi connectivity index (χ1n) is 12.9. The van der Waals surface area contributed by atoms with E-state index < -0.39 is 0 Å². The van der Waals surface area contributed by atoms with E-state index in [4.69, 9.17) is 9.47 Å². The van der Waals surface area contributed by atoms with Gasteiger partial charge < -0.3 is 14.4 Å². The summed E-state index contributed by atoms with van der Waals surface area (Å²) in [6, 6.07) is 25.9. The average Bonchev–Trinajstić information content (AvgIpc) is 3.47. The Kier molecular flexibility index (Phi) is 7.26. The monoisotopic (exact) mass is 495 g/mol. The molecule has 37 heavy (non-hydrogen) atoms. The molecule has 1 aromatic heterocycles. The van der Waals surface area contributed by atoms with Crippen LogP contribution in [0, 0.1) is 5.92 Å². The number of H-pyrrole nitrogens is 1. The summed E-state index contributed by atoms with van der Waals surface area (Å²) in [7, 11) is 1.66. The van der Waals surface area contributed by atoms with Crippen LogP contribution < -0.4 is 9.47 Å². The number of carbonyl (C=O) groups is 1. The molecule has 3 aromatic carbocycles. The second-order valence-corrected chi connectivity index (χ2v) is 9.83. The fourth-order valence-corrected chi connectivity index (χ4v) is 4.79. The molecule has 1 aliphatic heterocycles. The predicted molar refractivity (Wildman–Crippen MR) is 145 cm³/mol. The van der Waals surface area contributed by atoms with Gasteiger partial charge in [0.2, 0.25) is 0 Å². The van der Waals surface area contributed by atoms with Gasteiger partial charge in [-0.3, -0.25) is 9.89 Å². The smallest absolute Gasteiger partial charge is 0.273 e. The minimum atomic E-state index is -0.237. The van der Waals surface area contributed by atoms with Crippen molar-refractivity contribution in [2.24, 2.45) is 5.92 Å². The molecule has 1 unspecified atom stereocenters. The van der Waals surface area contributed by atoms with Crippen molar-refractivity contribution in [1.29, 1.82) is 0 Å². The van der Waals surface area contributed by atoms with Crippen LogP contribution in [-0.4, -0.2) is 41.3 Å². The molecule has 0 bridgehead atoms. The zero-order chi connectivity index (χ0) is 25.8. The minimum Gasteiger partial charge on any atom is -0.497 e. The number of amides is 1. The third-order valence-electron chi connectivity index (χ3n) is 6.87. The SMILES string of the molecule is COc1ccc(CCN2C(=O)c3[nH]nc(-c4ccccc4)c3C2c2ccc(OCCC(C)C)cc2)cc1. The van der Waals surface area contributed by atoms with E-state index in [1.54, 1.807) is 7.11 Å². The van der Waals surface area contributed by atoms with Crippen molar-refractivity contribution in [2.75, 3.05) is 20.3 Å². The first-order valence-corrected chi connectivity index (χ1v) is 12.9. The molecular weight excluding hydrogens is 462 g/mol. The van der Waals surface area contributed by atoms with E-state index in [0.717, 1.165) is 52.3 Å². The number of hydrogen-bond acceptors (Lipinski definition) is 4. The number of aromatic nitrogens is 2. The first kappa shape index (κ1) is 24.6. The van der Waals surface area contributed by atoms with Gasteiger partial charge >= 0.3 is 0 Å². The van der Waals surface area contributed by atoms with Gasteiger partial charge in [-0.1, -0.05) is 68.4 Å². The molecular formula is C31H33N3O3. The van der Waals surface area contributed by atoms with Crippen LogP contribution in [0.5, 0.6) is 11.5 Å². The number of methoxy groups -OCH3 is 1. The topological polar surface area (TPSA) is 67.5 Å². The lowest BCUT2D eigenvalue weighted by Crippen LogP contribution is -2.31. The van der Waals surface area contributed by atoms with E-state index in [-0.39, 0.29) is 11.9 Å². The van der Waals surface area contributed by atoms with E-state index >= 15 is 0 Å². The van der Waals surface area contributed by atoms with Crippen LogP contribution in [0.15, 0.2) is 78.9 Å². The lowest BCUT2D eigenvalue weighted by molar-refractivity contribution is 0.0746. The third kappa shape index (κ3) is 5.24. The Labute approximate surface area is 218 Å². The summed E-state index contributed by atoms with van der Waals surface area (Å²) in [5.41, 5.74) is 5.49. The normalized spacial score (nSPS) is 14.8. The van der Waals surface area contributed by atoms with Crippen LogP contribution in [0.2, 0.25) is 0 Å². The lowest BCUT2D eigenvalue weighted by atomic mass is 9.96. The van der Waals surface area contributed by atoms with Crippen LogP contribution in [0.3, 0.4) is 0 Å². The summed E-state index contributed by atoms with van der Waals surface area (Å²) in [6.07, 6.45) is 1.75. The first-order chi connectivity index (χ1) is 18.0. The van der Waals surface area contributed by atoms with E-state index in [1.807, 2.05) is 71.6 Å². The Morgan fingerprint density at radius 2 is 1.65 bits per heavy atom. The van der Waals surface area contributed by atoms with Crippen molar-refractivity contribution >= 4 is 5.91 Å². The van der Waals surface area contributed by atoms with E-state index in [1.165, 1.54) is 0 Å². The molecule has 0 saturated carbocycles. The van der Waals surface area contributed by atoms with Crippen molar-refractivity contribution in [2.45, 2.75) is 32.7 Å². The predicted octanol–water partition coefficient (Wildman–Crippen LogP) is 6.30. The highest BCUT2D eigenvalue weighted by atomic mass is 16.5. The maximum absolute atomic E-state index is 13.6. The molecule has 1 aliphatic rings. The number of carbonyl (C=O) groups excluding carboxylic acids is 1. The summed E-state index contributed by atoms with van der Waals surface area (Å²) in [5, 5.41) is 7.61. The number of rotatable bonds is 10. The lowest BCUT2D eigenvalue weighted by Gasteiger charge is -2.26. The zero-order valence-electron chi connectivity index (χ0n) is 21.6. The Bertz CT molecular complexity index is 1330. The molecule has 0 fully saturated rings. The molecule has 0 radical (unpaired) electrons. The number of nitrogens with one attached hydrogen (secondary N) is 1. The standard InChI is InChI=1S/C31H33N3O3/c1-21(2)18-20-37-26-15-11-24(12-16-26)30-27-28(23-7-5-4-6-8-23)32-33-29(27)31(35)34(30)19-17-22-9-13-25(36-3)14-10-22/h4-16,21,30H,17-20H2,1-3H3,(H,32,33). The van der Waals surface area contributed by atoms with Crippen LogP contribution in [-0.2, 0) is 6.42 Å². The largest absolute Gasteiger partial charge is 0.497 e. The summed E-state index contributed by atoms with van der Waals surface area (Å²) in [4.78, 5) is 15.6. The molecule has 6 heteroatoms. The van der Waals surface area contributed by atoms with Gasteiger partial charge in [0.1, 0.15) is 17.2 Å². The summed E-state index contributed by atoms with van der Waals surface area (Å²) in [6.45, 7) is 5.66. The Balaban J connectivity index is 1.45. The summed E-state index contributed by atoms with van der Waals surface area (Å²) >= 11 is 0. The van der Waals surface area contributed by atoms with Gasteiger partial charge in [-0.05, 0) is 54.2 Å². The fourth-order valence-electron chi connectivity index (χ4n) is 4.79. The third-order valence-corrected chi connectivity index (χ3v) is 6.87. The fraction of sp³-hybridized carbons (Fsp3) is 0.290. The Morgan fingerprint density at radius 1 is 0.946 bits per heavy atom. The van der Waals surface area contributed by atoms with Crippen molar-refractivity contribution < 1.29 is 14.3 Å². The van der Waals surface area contributed by atoms with Crippen LogP contribution >= 0.6 is 0 Å². The molecule has 1 amide bonds. The van der Waals surface area contributed by atoms with Gasteiger partial charge in [0.05, 0.1) is 25.5 Å². The van der Waals surface area contributed by atoms with E-state index in [9.17, 15) is 4.79 Å². The molecule has 5 rings (SSSR count). The second-order valence-electron chi connectivity index (χ2n) is 9.83.